The van der Waals surface area contributed by atoms with Crippen LogP contribution < -0.4 is 16.0 Å². The standard InChI is InChI=1S/C19H20ClN5O4S/c1-29-25-16(13-10-30-19(22-13)23-14(26)9-20)18(28)24-15-12(21-17(15)27)8-7-11-5-3-2-4-6-11/h2-6,10,12,15H,7-9H2,1H3,(H,21,27)(H,24,28)(H,22,23,26). The Balaban J connectivity index is 1.63. The van der Waals surface area contributed by atoms with Crippen molar-refractivity contribution < 1.29 is 19.2 Å². The molecule has 3 amide bonds. The maximum Gasteiger partial charge on any atom is 0.276 e. The molecule has 3 rings (SSSR count). The van der Waals surface area contributed by atoms with E-state index in [2.05, 4.69) is 26.1 Å². The van der Waals surface area contributed by atoms with Gasteiger partial charge in [-0.25, -0.2) is 4.98 Å². The van der Waals surface area contributed by atoms with Gasteiger partial charge in [0.15, 0.2) is 10.8 Å². The Morgan fingerprint density at radius 3 is 2.77 bits per heavy atom. The van der Waals surface area contributed by atoms with Gasteiger partial charge in [-0.15, -0.1) is 22.9 Å². The molecule has 0 spiro atoms. The molecule has 1 aromatic heterocycles. The van der Waals surface area contributed by atoms with Crippen LogP contribution in [0.25, 0.3) is 0 Å². The number of carbonyl (C=O) groups excluding carboxylic acids is 3. The van der Waals surface area contributed by atoms with E-state index in [1.54, 1.807) is 5.38 Å². The van der Waals surface area contributed by atoms with Crippen LogP contribution in [0.1, 0.15) is 17.7 Å². The smallest absolute Gasteiger partial charge is 0.276 e. The molecule has 30 heavy (non-hydrogen) atoms. The summed E-state index contributed by atoms with van der Waals surface area (Å²) in [4.78, 5) is 45.1. The Hall–Kier alpha value is -2.98. The van der Waals surface area contributed by atoms with Crippen LogP contribution in [0.2, 0.25) is 0 Å². The third-order valence-electron chi connectivity index (χ3n) is 4.40. The largest absolute Gasteiger partial charge is 0.398 e. The Kier molecular flexibility index (Phi) is 7.36. The van der Waals surface area contributed by atoms with E-state index in [9.17, 15) is 14.4 Å². The molecule has 0 saturated carbocycles. The van der Waals surface area contributed by atoms with E-state index in [0.29, 0.717) is 6.42 Å². The predicted molar refractivity (Wildman–Crippen MR) is 114 cm³/mol. The number of benzene rings is 1. The molecule has 2 heterocycles. The second-order valence-corrected chi connectivity index (χ2v) is 7.56. The summed E-state index contributed by atoms with van der Waals surface area (Å²) in [5.41, 5.74) is 1.27. The highest BCUT2D eigenvalue weighted by Crippen LogP contribution is 2.18. The van der Waals surface area contributed by atoms with Crippen LogP contribution in [0.4, 0.5) is 5.13 Å². The minimum absolute atomic E-state index is 0.0957. The van der Waals surface area contributed by atoms with Crippen molar-refractivity contribution in [2.24, 2.45) is 5.16 Å². The number of nitrogens with zero attached hydrogens (tertiary/aromatic N) is 2. The summed E-state index contributed by atoms with van der Waals surface area (Å²) in [5.74, 6) is -1.48. The molecule has 3 N–H and O–H groups in total. The van der Waals surface area contributed by atoms with Crippen molar-refractivity contribution in [2.45, 2.75) is 24.9 Å². The predicted octanol–water partition coefficient (Wildman–Crippen LogP) is 1.29. The lowest BCUT2D eigenvalue weighted by Crippen LogP contribution is -2.69. The van der Waals surface area contributed by atoms with Crippen molar-refractivity contribution >= 4 is 51.5 Å². The van der Waals surface area contributed by atoms with E-state index in [4.69, 9.17) is 16.4 Å². The number of β-lactam (4-membered cyclic amide) rings is 1. The zero-order valence-corrected chi connectivity index (χ0v) is 17.6. The Labute approximate surface area is 181 Å². The van der Waals surface area contributed by atoms with Crippen molar-refractivity contribution in [1.82, 2.24) is 15.6 Å². The molecule has 0 aliphatic carbocycles. The summed E-state index contributed by atoms with van der Waals surface area (Å²) in [6.07, 6.45) is 1.45. The maximum absolute atomic E-state index is 12.7. The van der Waals surface area contributed by atoms with Gasteiger partial charge in [-0.1, -0.05) is 35.5 Å². The topological polar surface area (TPSA) is 122 Å². The molecule has 1 aromatic carbocycles. The SMILES string of the molecule is CON=C(C(=O)NC1C(=O)NC1CCc1ccccc1)c1csc(NC(=O)CCl)n1. The van der Waals surface area contributed by atoms with Gasteiger partial charge in [0.2, 0.25) is 11.8 Å². The number of oxime groups is 1. The molecule has 1 saturated heterocycles. The number of carbonyl (C=O) groups is 3. The van der Waals surface area contributed by atoms with E-state index in [-0.39, 0.29) is 34.4 Å². The average molecular weight is 450 g/mol. The van der Waals surface area contributed by atoms with Crippen LogP contribution in [0, 0.1) is 0 Å². The Morgan fingerprint density at radius 2 is 2.10 bits per heavy atom. The fraction of sp³-hybridized carbons (Fsp3) is 0.316. The molecular weight excluding hydrogens is 430 g/mol. The number of alkyl halides is 1. The number of rotatable bonds is 9. The van der Waals surface area contributed by atoms with Crippen molar-refractivity contribution in [3.05, 3.63) is 47.0 Å². The minimum Gasteiger partial charge on any atom is -0.398 e. The number of aromatic nitrogens is 1. The first-order chi connectivity index (χ1) is 14.5. The van der Waals surface area contributed by atoms with Gasteiger partial charge in [0.1, 0.15) is 24.7 Å². The maximum atomic E-state index is 12.7. The molecule has 0 radical (unpaired) electrons. The molecule has 0 bridgehead atoms. The lowest BCUT2D eigenvalue weighted by atomic mass is 9.92. The van der Waals surface area contributed by atoms with Crippen LogP contribution in [0.15, 0.2) is 40.9 Å². The molecule has 1 fully saturated rings. The number of thiazole rings is 1. The second kappa shape index (κ2) is 10.2. The van der Waals surface area contributed by atoms with Crippen LogP contribution in [-0.4, -0.2) is 53.5 Å². The summed E-state index contributed by atoms with van der Waals surface area (Å²) in [6.45, 7) is 0. The summed E-state index contributed by atoms with van der Waals surface area (Å²) in [6, 6.07) is 9.04. The summed E-state index contributed by atoms with van der Waals surface area (Å²) >= 11 is 6.58. The van der Waals surface area contributed by atoms with Gasteiger partial charge in [-0.05, 0) is 18.4 Å². The first kappa shape index (κ1) is 21.7. The van der Waals surface area contributed by atoms with E-state index in [1.165, 1.54) is 7.11 Å². The number of hydrogen-bond acceptors (Lipinski definition) is 7. The molecule has 11 heteroatoms. The van der Waals surface area contributed by atoms with Gasteiger partial charge in [0.05, 0.1) is 6.04 Å². The first-order valence-electron chi connectivity index (χ1n) is 9.10. The lowest BCUT2D eigenvalue weighted by molar-refractivity contribution is -0.134. The van der Waals surface area contributed by atoms with Gasteiger partial charge in [0, 0.05) is 5.38 Å². The third kappa shape index (κ3) is 5.33. The lowest BCUT2D eigenvalue weighted by Gasteiger charge is -2.37. The highest BCUT2D eigenvalue weighted by molar-refractivity contribution is 7.14. The van der Waals surface area contributed by atoms with Gasteiger partial charge < -0.3 is 20.8 Å². The number of hydrogen-bond donors (Lipinski definition) is 3. The zero-order chi connectivity index (χ0) is 21.5. The van der Waals surface area contributed by atoms with Gasteiger partial charge in [-0.3, -0.25) is 14.4 Å². The summed E-state index contributed by atoms with van der Waals surface area (Å²) in [5, 5.41) is 13.6. The van der Waals surface area contributed by atoms with Gasteiger partial charge in [-0.2, -0.15) is 0 Å². The number of anilines is 1. The zero-order valence-electron chi connectivity index (χ0n) is 16.1. The Bertz CT molecular complexity index is 949. The minimum atomic E-state index is -0.669. The molecule has 9 nitrogen and oxygen atoms in total. The normalized spacial score (nSPS) is 18.2. The van der Waals surface area contributed by atoms with Crippen molar-refractivity contribution in [3.8, 4) is 0 Å². The quantitative estimate of drug-likeness (QED) is 0.230. The van der Waals surface area contributed by atoms with Crippen molar-refractivity contribution in [2.75, 3.05) is 18.3 Å². The van der Waals surface area contributed by atoms with Gasteiger partial charge >= 0.3 is 0 Å². The number of amides is 3. The highest BCUT2D eigenvalue weighted by atomic mass is 35.5. The molecule has 1 aliphatic rings. The Morgan fingerprint density at radius 1 is 1.33 bits per heavy atom. The second-order valence-electron chi connectivity index (χ2n) is 6.43. The van der Waals surface area contributed by atoms with Crippen LogP contribution in [0.3, 0.4) is 0 Å². The number of halogens is 1. The summed E-state index contributed by atoms with van der Waals surface area (Å²) in [7, 11) is 1.30. The van der Waals surface area contributed by atoms with E-state index in [0.717, 1.165) is 23.3 Å². The van der Waals surface area contributed by atoms with E-state index >= 15 is 0 Å². The summed E-state index contributed by atoms with van der Waals surface area (Å²) < 4.78 is 0. The van der Waals surface area contributed by atoms with Crippen molar-refractivity contribution in [3.63, 3.8) is 0 Å². The molecule has 2 atom stereocenters. The average Bonchev–Trinajstić information content (AvgIpc) is 3.21. The molecular formula is C19H20ClN5O4S. The van der Waals surface area contributed by atoms with Crippen molar-refractivity contribution in [1.29, 1.82) is 0 Å². The molecule has 158 valence electrons. The molecule has 2 unspecified atom stereocenters. The number of nitrogens with one attached hydrogen (secondary N) is 3. The van der Waals surface area contributed by atoms with Crippen LogP contribution >= 0.6 is 22.9 Å². The van der Waals surface area contributed by atoms with Gasteiger partial charge in [0.25, 0.3) is 5.91 Å². The molecule has 2 aromatic rings. The van der Waals surface area contributed by atoms with E-state index < -0.39 is 17.9 Å². The van der Waals surface area contributed by atoms with E-state index in [1.807, 2.05) is 30.3 Å². The highest BCUT2D eigenvalue weighted by Gasteiger charge is 2.40. The molecule has 1 aliphatic heterocycles. The van der Waals surface area contributed by atoms with Crippen LogP contribution in [0.5, 0.6) is 0 Å². The fourth-order valence-electron chi connectivity index (χ4n) is 2.91. The first-order valence-corrected chi connectivity index (χ1v) is 10.5. The number of aryl methyl sites for hydroxylation is 1. The monoisotopic (exact) mass is 449 g/mol. The van der Waals surface area contributed by atoms with Crippen LogP contribution in [-0.2, 0) is 25.6 Å². The fourth-order valence-corrected chi connectivity index (χ4v) is 3.69. The third-order valence-corrected chi connectivity index (χ3v) is 5.40.